The summed E-state index contributed by atoms with van der Waals surface area (Å²) < 4.78 is 5.39. The van der Waals surface area contributed by atoms with Gasteiger partial charge in [-0.1, -0.05) is 11.6 Å². The number of carbonyl (C=O) groups excluding carboxylic acids is 1. The number of amides is 2. The van der Waals surface area contributed by atoms with Gasteiger partial charge in [-0.3, -0.25) is 0 Å². The van der Waals surface area contributed by atoms with E-state index in [1.165, 1.54) is 31.0 Å². The Morgan fingerprint density at radius 3 is 2.76 bits per heavy atom. The summed E-state index contributed by atoms with van der Waals surface area (Å²) in [6, 6.07) is 3.84. The fourth-order valence-corrected chi connectivity index (χ4v) is 1.97. The zero-order chi connectivity index (χ0) is 15.2. The molecule has 1 aromatic rings. The van der Waals surface area contributed by atoms with Crippen molar-refractivity contribution >= 4 is 29.3 Å². The summed E-state index contributed by atoms with van der Waals surface area (Å²) in [5.41, 5.74) is 0.428. The lowest BCUT2D eigenvalue weighted by Gasteiger charge is -2.09. The highest BCUT2D eigenvalue weighted by atomic mass is 35.5. The monoisotopic (exact) mass is 312 g/mol. The predicted molar refractivity (Wildman–Crippen MR) is 79.0 cm³/mol. The molecule has 0 radical (unpaired) electrons. The first kappa shape index (κ1) is 15.6. The van der Waals surface area contributed by atoms with Gasteiger partial charge in [0.05, 0.1) is 17.2 Å². The smallest absolute Gasteiger partial charge is 0.337 e. The molecule has 21 heavy (non-hydrogen) atoms. The molecule has 0 aromatic heterocycles. The number of carbonyl (C=O) groups is 2. The maximum atomic E-state index is 11.6. The molecule has 1 aliphatic carbocycles. The molecule has 2 rings (SSSR count). The number of halogens is 1. The van der Waals surface area contributed by atoms with E-state index in [1.54, 1.807) is 0 Å². The van der Waals surface area contributed by atoms with E-state index in [0.29, 0.717) is 24.8 Å². The Morgan fingerprint density at radius 2 is 2.14 bits per heavy atom. The molecule has 1 fully saturated rings. The van der Waals surface area contributed by atoms with Crippen molar-refractivity contribution in [2.45, 2.75) is 12.8 Å². The largest absolute Gasteiger partial charge is 0.478 e. The minimum Gasteiger partial charge on any atom is -0.478 e. The SMILES string of the molecule is O=C(NCCOCC1CC1)Nc1ccc(C(=O)O)c(Cl)c1. The number of anilines is 1. The molecule has 0 spiro atoms. The van der Waals surface area contributed by atoms with Gasteiger partial charge in [0.15, 0.2) is 0 Å². The van der Waals surface area contributed by atoms with Crippen molar-refractivity contribution < 1.29 is 19.4 Å². The summed E-state index contributed by atoms with van der Waals surface area (Å²) in [7, 11) is 0. The molecule has 1 aromatic carbocycles. The second-order valence-corrected chi connectivity index (χ2v) is 5.31. The summed E-state index contributed by atoms with van der Waals surface area (Å²) in [5.74, 6) is -0.405. The molecule has 6 nitrogen and oxygen atoms in total. The van der Waals surface area contributed by atoms with Crippen LogP contribution < -0.4 is 10.6 Å². The van der Waals surface area contributed by atoms with E-state index < -0.39 is 5.97 Å². The van der Waals surface area contributed by atoms with Gasteiger partial charge in [0, 0.05) is 18.8 Å². The average molecular weight is 313 g/mol. The standard InChI is InChI=1S/C14H17ClN2O4/c15-12-7-10(3-4-11(12)13(18)19)17-14(20)16-5-6-21-8-9-1-2-9/h3-4,7,9H,1-2,5-6,8H2,(H,18,19)(H2,16,17,20). The third kappa shape index (κ3) is 5.24. The van der Waals surface area contributed by atoms with Crippen LogP contribution >= 0.6 is 11.6 Å². The third-order valence-electron chi connectivity index (χ3n) is 3.04. The van der Waals surface area contributed by atoms with Crippen molar-refractivity contribution in [2.75, 3.05) is 25.1 Å². The van der Waals surface area contributed by atoms with E-state index in [4.69, 9.17) is 21.4 Å². The molecule has 3 N–H and O–H groups in total. The van der Waals surface area contributed by atoms with Gasteiger partial charge in [0.25, 0.3) is 0 Å². The molecule has 7 heteroatoms. The maximum absolute atomic E-state index is 11.6. The zero-order valence-corrected chi connectivity index (χ0v) is 12.2. The van der Waals surface area contributed by atoms with Crippen LogP contribution in [0.25, 0.3) is 0 Å². The fraction of sp³-hybridized carbons (Fsp3) is 0.429. The van der Waals surface area contributed by atoms with Crippen molar-refractivity contribution in [3.63, 3.8) is 0 Å². The molecule has 2 amide bonds. The summed E-state index contributed by atoms with van der Waals surface area (Å²) >= 11 is 5.82. The van der Waals surface area contributed by atoms with Crippen molar-refractivity contribution in [1.29, 1.82) is 0 Å². The Kier molecular flexibility index (Phi) is 5.41. The van der Waals surface area contributed by atoms with Crippen LogP contribution in [-0.4, -0.2) is 36.9 Å². The lowest BCUT2D eigenvalue weighted by molar-refractivity contribution is 0.0697. The van der Waals surface area contributed by atoms with Crippen LogP contribution in [0.2, 0.25) is 5.02 Å². The van der Waals surface area contributed by atoms with Gasteiger partial charge in [-0.05, 0) is 37.0 Å². The number of hydrogen-bond acceptors (Lipinski definition) is 3. The quantitative estimate of drug-likeness (QED) is 0.675. The average Bonchev–Trinajstić information content (AvgIpc) is 3.22. The topological polar surface area (TPSA) is 87.7 Å². The summed E-state index contributed by atoms with van der Waals surface area (Å²) in [6.07, 6.45) is 2.47. The minimum absolute atomic E-state index is 0.00361. The number of ether oxygens (including phenoxy) is 1. The van der Waals surface area contributed by atoms with Gasteiger partial charge in [-0.2, -0.15) is 0 Å². The summed E-state index contributed by atoms with van der Waals surface area (Å²) in [6.45, 7) is 1.65. The van der Waals surface area contributed by atoms with E-state index >= 15 is 0 Å². The normalized spacial score (nSPS) is 13.8. The van der Waals surface area contributed by atoms with Crippen molar-refractivity contribution in [1.82, 2.24) is 5.32 Å². The van der Waals surface area contributed by atoms with Crippen molar-refractivity contribution in [3.05, 3.63) is 28.8 Å². The van der Waals surface area contributed by atoms with Gasteiger partial charge < -0.3 is 20.5 Å². The van der Waals surface area contributed by atoms with Crippen molar-refractivity contribution in [3.8, 4) is 0 Å². The highest BCUT2D eigenvalue weighted by molar-refractivity contribution is 6.33. The highest BCUT2D eigenvalue weighted by Gasteiger charge is 2.20. The molecule has 0 atom stereocenters. The number of carboxylic acids is 1. The minimum atomic E-state index is -1.11. The van der Waals surface area contributed by atoms with Crippen LogP contribution in [0.5, 0.6) is 0 Å². The van der Waals surface area contributed by atoms with E-state index in [0.717, 1.165) is 6.61 Å². The molecule has 0 saturated heterocycles. The Labute approximate surface area is 127 Å². The number of hydrogen-bond donors (Lipinski definition) is 3. The molecular formula is C14H17ClN2O4. The van der Waals surface area contributed by atoms with Gasteiger partial charge in [0.1, 0.15) is 0 Å². The van der Waals surface area contributed by atoms with Crippen molar-refractivity contribution in [2.24, 2.45) is 5.92 Å². The number of rotatable bonds is 7. The summed E-state index contributed by atoms with van der Waals surface area (Å²) in [5, 5.41) is 14.2. The van der Waals surface area contributed by atoms with Crippen LogP contribution in [0.3, 0.4) is 0 Å². The van der Waals surface area contributed by atoms with Crippen LogP contribution in [0.4, 0.5) is 10.5 Å². The maximum Gasteiger partial charge on any atom is 0.337 e. The van der Waals surface area contributed by atoms with E-state index in [1.807, 2.05) is 0 Å². The van der Waals surface area contributed by atoms with E-state index in [-0.39, 0.29) is 16.6 Å². The van der Waals surface area contributed by atoms with E-state index in [9.17, 15) is 9.59 Å². The number of carboxylic acid groups (broad SMARTS) is 1. The number of benzene rings is 1. The van der Waals surface area contributed by atoms with E-state index in [2.05, 4.69) is 10.6 Å². The molecule has 1 aliphatic rings. The highest BCUT2D eigenvalue weighted by Crippen LogP contribution is 2.28. The number of aromatic carboxylic acids is 1. The molecule has 0 heterocycles. The molecule has 0 aliphatic heterocycles. The van der Waals surface area contributed by atoms with Gasteiger partial charge in [0.2, 0.25) is 0 Å². The first-order chi connectivity index (χ1) is 10.1. The van der Waals surface area contributed by atoms with Gasteiger partial charge >= 0.3 is 12.0 Å². The Balaban J connectivity index is 1.71. The molecule has 114 valence electrons. The number of urea groups is 1. The number of nitrogens with one attached hydrogen (secondary N) is 2. The van der Waals surface area contributed by atoms with Crippen LogP contribution in [0, 0.1) is 5.92 Å². The van der Waals surface area contributed by atoms with Crippen LogP contribution in [0.1, 0.15) is 23.2 Å². The fourth-order valence-electron chi connectivity index (χ4n) is 1.71. The Hall–Kier alpha value is -1.79. The van der Waals surface area contributed by atoms with Gasteiger partial charge in [-0.25, -0.2) is 9.59 Å². The first-order valence-corrected chi connectivity index (χ1v) is 7.09. The molecular weight excluding hydrogens is 296 g/mol. The molecule has 0 unspecified atom stereocenters. The Morgan fingerprint density at radius 1 is 1.38 bits per heavy atom. The zero-order valence-electron chi connectivity index (χ0n) is 11.4. The molecule has 0 bridgehead atoms. The lowest BCUT2D eigenvalue weighted by atomic mass is 10.2. The Bertz CT molecular complexity index is 532. The first-order valence-electron chi connectivity index (χ1n) is 6.71. The predicted octanol–water partition coefficient (Wildman–Crippen LogP) is 2.59. The van der Waals surface area contributed by atoms with Gasteiger partial charge in [-0.15, -0.1) is 0 Å². The third-order valence-corrected chi connectivity index (χ3v) is 3.35. The second-order valence-electron chi connectivity index (χ2n) is 4.90. The van der Waals surface area contributed by atoms with Crippen LogP contribution in [0.15, 0.2) is 18.2 Å². The second kappa shape index (κ2) is 7.28. The molecule has 1 saturated carbocycles. The summed E-state index contributed by atoms with van der Waals surface area (Å²) in [4.78, 5) is 22.4. The lowest BCUT2D eigenvalue weighted by Crippen LogP contribution is -2.31. The van der Waals surface area contributed by atoms with Crippen LogP contribution in [-0.2, 0) is 4.74 Å².